The Labute approximate surface area is 172 Å². The lowest BCUT2D eigenvalue weighted by atomic mass is 9.44. The molecule has 1 unspecified atom stereocenters. The highest BCUT2D eigenvalue weighted by Crippen LogP contribution is 2.67. The first-order valence-corrected chi connectivity index (χ1v) is 12.2. The molecule has 0 heterocycles. The monoisotopic (exact) mass is 428 g/mol. The van der Waals surface area contributed by atoms with Crippen LogP contribution in [0.1, 0.15) is 64.7 Å². The molecule has 8 heteroatoms. The molecule has 7 nitrogen and oxygen atoms in total. The molecule has 2 N–H and O–H groups in total. The van der Waals surface area contributed by atoms with Crippen molar-refractivity contribution in [3.05, 3.63) is 0 Å². The highest BCUT2D eigenvalue weighted by Gasteiger charge is 2.64. The second-order valence-corrected chi connectivity index (χ2v) is 11.2. The number of hydrogen-bond donors (Lipinski definition) is 2. The predicted octanol–water partition coefficient (Wildman–Crippen LogP) is 2.57. The Bertz CT molecular complexity index is 780. The number of fused-ring (bicyclic) bond motifs is 5. The second kappa shape index (κ2) is 7.39. The van der Waals surface area contributed by atoms with E-state index < -0.39 is 21.9 Å². The van der Waals surface area contributed by atoms with Crippen molar-refractivity contribution in [1.29, 1.82) is 0 Å². The summed E-state index contributed by atoms with van der Waals surface area (Å²) in [4.78, 5) is 24.4. The molecular weight excluding hydrogens is 396 g/mol. The van der Waals surface area contributed by atoms with E-state index in [1.165, 1.54) is 0 Å². The maximum Gasteiger partial charge on any atom is 0.397 e. The SMILES string of the molecule is C[C@]12CCC(=O)CC1CC[C@@H]1[C@@H]2[C@@H](O)C[C@@]2(C=O)[C@@H](CCOS(=O)(=O)O)CC[C@@H]12. The first kappa shape index (κ1) is 21.4. The Hall–Kier alpha value is -0.830. The molecule has 164 valence electrons. The van der Waals surface area contributed by atoms with Crippen LogP contribution in [0.2, 0.25) is 0 Å². The minimum Gasteiger partial charge on any atom is -0.393 e. The maximum absolute atomic E-state index is 12.4. The third kappa shape index (κ3) is 3.50. The summed E-state index contributed by atoms with van der Waals surface area (Å²) in [5.74, 6) is 1.15. The number of aliphatic hydroxyl groups excluding tert-OH is 1. The molecule has 4 rings (SSSR count). The van der Waals surface area contributed by atoms with Crippen molar-refractivity contribution in [2.24, 2.45) is 40.4 Å². The fraction of sp³-hybridized carbons (Fsp3) is 0.905. The molecule has 0 aliphatic heterocycles. The minimum absolute atomic E-state index is 0.0548. The highest BCUT2D eigenvalue weighted by molar-refractivity contribution is 7.80. The standard InChI is InChI=1S/C21H32O7S/c1-20-8-6-15(23)10-14(20)2-4-16-17-5-3-13(7-9-28-29(25,26)27)21(17,12-22)11-18(24)19(16)20/h12-14,16-19,24H,2-11H2,1H3,(H,25,26,27)/t13-,14?,16+,17+,18+,19-,20+,21-/m1/s1. The van der Waals surface area contributed by atoms with Gasteiger partial charge < -0.3 is 9.90 Å². The quantitative estimate of drug-likeness (QED) is 0.510. The Morgan fingerprint density at radius 1 is 1.24 bits per heavy atom. The second-order valence-electron chi connectivity index (χ2n) is 10.1. The van der Waals surface area contributed by atoms with Crippen LogP contribution in [0, 0.1) is 40.4 Å². The summed E-state index contributed by atoms with van der Waals surface area (Å²) < 4.78 is 35.1. The summed E-state index contributed by atoms with van der Waals surface area (Å²) in [7, 11) is -4.49. The molecule has 4 aliphatic carbocycles. The number of aldehydes is 1. The van der Waals surface area contributed by atoms with Gasteiger partial charge in [0.1, 0.15) is 12.1 Å². The van der Waals surface area contributed by atoms with Crippen LogP contribution in [-0.4, -0.2) is 42.9 Å². The molecule has 0 radical (unpaired) electrons. The zero-order valence-corrected chi connectivity index (χ0v) is 17.8. The zero-order chi connectivity index (χ0) is 21.0. The van der Waals surface area contributed by atoms with E-state index in [1.54, 1.807) is 0 Å². The van der Waals surface area contributed by atoms with Crippen LogP contribution in [0.4, 0.5) is 0 Å². The summed E-state index contributed by atoms with van der Waals surface area (Å²) in [5.41, 5.74) is -0.714. The van der Waals surface area contributed by atoms with Crippen LogP contribution >= 0.6 is 0 Å². The first-order chi connectivity index (χ1) is 13.6. The van der Waals surface area contributed by atoms with Crippen LogP contribution in [0.3, 0.4) is 0 Å². The van der Waals surface area contributed by atoms with Crippen molar-refractivity contribution >= 4 is 22.5 Å². The molecule has 0 amide bonds. The smallest absolute Gasteiger partial charge is 0.393 e. The Kier molecular flexibility index (Phi) is 5.46. The number of Topliss-reactive ketones (excluding diaryl/α,β-unsaturated/α-hetero) is 1. The molecule has 29 heavy (non-hydrogen) atoms. The van der Waals surface area contributed by atoms with E-state index in [0.29, 0.717) is 37.4 Å². The van der Waals surface area contributed by atoms with Crippen molar-refractivity contribution in [3.8, 4) is 0 Å². The van der Waals surface area contributed by atoms with Gasteiger partial charge in [0.2, 0.25) is 0 Å². The lowest BCUT2D eigenvalue weighted by molar-refractivity contribution is -0.176. The summed E-state index contributed by atoms with van der Waals surface area (Å²) in [6, 6.07) is 0. The van der Waals surface area contributed by atoms with Gasteiger partial charge in [0.25, 0.3) is 0 Å². The van der Waals surface area contributed by atoms with Gasteiger partial charge in [0, 0.05) is 18.3 Å². The van der Waals surface area contributed by atoms with E-state index in [-0.39, 0.29) is 35.7 Å². The van der Waals surface area contributed by atoms with E-state index in [4.69, 9.17) is 4.55 Å². The van der Waals surface area contributed by atoms with E-state index >= 15 is 0 Å². The predicted molar refractivity (Wildman–Crippen MR) is 104 cm³/mol. The summed E-state index contributed by atoms with van der Waals surface area (Å²) in [6.45, 7) is 2.09. The molecule has 0 aromatic carbocycles. The van der Waals surface area contributed by atoms with Crippen LogP contribution in [-0.2, 0) is 24.2 Å². The van der Waals surface area contributed by atoms with Crippen molar-refractivity contribution < 1.29 is 31.8 Å². The van der Waals surface area contributed by atoms with Crippen molar-refractivity contribution in [3.63, 3.8) is 0 Å². The molecule has 4 fully saturated rings. The third-order valence-electron chi connectivity index (χ3n) is 9.11. The van der Waals surface area contributed by atoms with E-state index in [1.807, 2.05) is 0 Å². The molecule has 0 aromatic rings. The van der Waals surface area contributed by atoms with Gasteiger partial charge in [0.15, 0.2) is 0 Å². The average molecular weight is 429 g/mol. The molecule has 4 aliphatic rings. The number of rotatable bonds is 5. The normalized spacial score (nSPS) is 47.2. The molecule has 4 saturated carbocycles. The highest BCUT2D eigenvalue weighted by atomic mass is 32.3. The summed E-state index contributed by atoms with van der Waals surface area (Å²) in [5, 5.41) is 11.3. The molecule has 0 spiro atoms. The topological polar surface area (TPSA) is 118 Å². The molecule has 0 bridgehead atoms. The van der Waals surface area contributed by atoms with Gasteiger partial charge in [-0.25, -0.2) is 4.18 Å². The van der Waals surface area contributed by atoms with Crippen LogP contribution in [0.5, 0.6) is 0 Å². The van der Waals surface area contributed by atoms with Crippen LogP contribution < -0.4 is 0 Å². The minimum atomic E-state index is -4.49. The lowest BCUT2D eigenvalue weighted by Crippen LogP contribution is -2.59. The molecule has 0 aromatic heterocycles. The van der Waals surface area contributed by atoms with Gasteiger partial charge in [0.05, 0.1) is 12.7 Å². The Morgan fingerprint density at radius 3 is 2.69 bits per heavy atom. The van der Waals surface area contributed by atoms with Gasteiger partial charge in [-0.2, -0.15) is 8.42 Å². The fourth-order valence-corrected chi connectivity index (χ4v) is 8.22. The van der Waals surface area contributed by atoms with Gasteiger partial charge in [-0.15, -0.1) is 0 Å². The third-order valence-corrected chi connectivity index (χ3v) is 9.57. The van der Waals surface area contributed by atoms with E-state index in [0.717, 1.165) is 38.4 Å². The number of carbonyl (C=O) groups excluding carboxylic acids is 2. The summed E-state index contributed by atoms with van der Waals surface area (Å²) in [6.07, 6.45) is 6.81. The largest absolute Gasteiger partial charge is 0.397 e. The number of hydrogen-bond acceptors (Lipinski definition) is 6. The number of aliphatic hydroxyl groups is 1. The van der Waals surface area contributed by atoms with Crippen molar-refractivity contribution in [1.82, 2.24) is 0 Å². The average Bonchev–Trinajstić information content (AvgIpc) is 3.00. The summed E-state index contributed by atoms with van der Waals surface area (Å²) >= 11 is 0. The maximum atomic E-state index is 12.4. The van der Waals surface area contributed by atoms with Gasteiger partial charge in [-0.1, -0.05) is 6.92 Å². The molecule has 0 saturated heterocycles. The van der Waals surface area contributed by atoms with Gasteiger partial charge >= 0.3 is 10.4 Å². The fourth-order valence-electron chi connectivity index (χ4n) is 7.91. The van der Waals surface area contributed by atoms with Gasteiger partial charge in [-0.05, 0) is 80.0 Å². The number of ketones is 1. The van der Waals surface area contributed by atoms with Crippen molar-refractivity contribution in [2.75, 3.05) is 6.61 Å². The lowest BCUT2D eigenvalue weighted by Gasteiger charge is -2.61. The van der Waals surface area contributed by atoms with Crippen LogP contribution in [0.15, 0.2) is 0 Å². The molecule has 8 atom stereocenters. The van der Waals surface area contributed by atoms with Crippen molar-refractivity contribution in [2.45, 2.75) is 70.8 Å². The number of carbonyl (C=O) groups is 2. The van der Waals surface area contributed by atoms with E-state index in [2.05, 4.69) is 11.1 Å². The van der Waals surface area contributed by atoms with E-state index in [9.17, 15) is 23.1 Å². The Morgan fingerprint density at radius 2 is 2.00 bits per heavy atom. The Balaban J connectivity index is 1.57. The first-order valence-electron chi connectivity index (χ1n) is 10.9. The van der Waals surface area contributed by atoms with Crippen LogP contribution in [0.25, 0.3) is 0 Å². The zero-order valence-electron chi connectivity index (χ0n) is 17.0. The molecular formula is C21H32O7S. The van der Waals surface area contributed by atoms with Gasteiger partial charge in [-0.3, -0.25) is 9.35 Å².